The molecule has 0 aromatic heterocycles. The van der Waals surface area contributed by atoms with Crippen LogP contribution in [0.2, 0.25) is 0 Å². The van der Waals surface area contributed by atoms with Crippen molar-refractivity contribution in [3.05, 3.63) is 0 Å². The quantitative estimate of drug-likeness (QED) is 0.444. The van der Waals surface area contributed by atoms with Crippen LogP contribution in [0.1, 0.15) is 0 Å². The zero-order valence-corrected chi connectivity index (χ0v) is 8.62. The van der Waals surface area contributed by atoms with Crippen molar-refractivity contribution in [2.24, 2.45) is 10.7 Å². The summed E-state index contributed by atoms with van der Waals surface area (Å²) < 4.78 is 95.8. The normalized spacial score (nSPS) is 14.4. The van der Waals surface area contributed by atoms with Crippen molar-refractivity contribution < 1.29 is 35.1 Å². The number of halogens is 8. The number of nitrogens with two attached hydrogens (primary N) is 1. The standard InChI is InChI=1S/C7H9F8N3/c8-3(9)6(12,13)1-17-5(16)18-2-7(14,15)4(10)11/h3-4H,1-2H2,(H3,16,17,18). The number of aliphatic imine (C=N–C) groups is 1. The number of rotatable bonds is 6. The molecule has 0 aromatic rings. The minimum atomic E-state index is -4.47. The molecule has 0 rings (SSSR count). The highest BCUT2D eigenvalue weighted by atomic mass is 19.3. The summed E-state index contributed by atoms with van der Waals surface area (Å²) in [5, 5.41) is 1.44. The van der Waals surface area contributed by atoms with E-state index in [4.69, 9.17) is 5.73 Å². The second-order valence-corrected chi connectivity index (χ2v) is 3.18. The first-order chi connectivity index (χ1) is 7.99. The SMILES string of the molecule is NC(=NCC(F)(F)C(F)F)NCC(F)(F)C(F)F. The molecule has 11 heteroatoms. The summed E-state index contributed by atoms with van der Waals surface area (Å²) in [4.78, 5) is 2.65. The Morgan fingerprint density at radius 2 is 1.44 bits per heavy atom. The monoisotopic (exact) mass is 287 g/mol. The van der Waals surface area contributed by atoms with Crippen LogP contribution in [0.15, 0.2) is 4.99 Å². The fourth-order valence-corrected chi connectivity index (χ4v) is 0.601. The lowest BCUT2D eigenvalue weighted by molar-refractivity contribution is -0.123. The second kappa shape index (κ2) is 6.05. The topological polar surface area (TPSA) is 50.4 Å². The molecule has 0 aliphatic rings. The molecule has 3 N–H and O–H groups in total. The second-order valence-electron chi connectivity index (χ2n) is 3.18. The highest BCUT2D eigenvalue weighted by molar-refractivity contribution is 5.77. The van der Waals surface area contributed by atoms with Gasteiger partial charge in [0.1, 0.15) is 6.54 Å². The maximum absolute atomic E-state index is 12.3. The largest absolute Gasteiger partial charge is 0.370 e. The van der Waals surface area contributed by atoms with Crippen LogP contribution in [0.25, 0.3) is 0 Å². The zero-order chi connectivity index (χ0) is 14.6. The summed E-state index contributed by atoms with van der Waals surface area (Å²) in [7, 11) is 0. The fourth-order valence-electron chi connectivity index (χ4n) is 0.601. The van der Waals surface area contributed by atoms with E-state index in [0.717, 1.165) is 0 Å². The molecule has 3 nitrogen and oxygen atoms in total. The van der Waals surface area contributed by atoms with Gasteiger partial charge in [0.15, 0.2) is 5.96 Å². The van der Waals surface area contributed by atoms with Gasteiger partial charge in [-0.1, -0.05) is 0 Å². The summed E-state index contributed by atoms with van der Waals surface area (Å²) in [5.74, 6) is -9.97. The number of nitrogens with one attached hydrogen (secondary N) is 1. The summed E-state index contributed by atoms with van der Waals surface area (Å²) in [6.07, 6.45) is -7.99. The van der Waals surface area contributed by atoms with E-state index in [1.54, 1.807) is 0 Å². The number of alkyl halides is 8. The lowest BCUT2D eigenvalue weighted by Crippen LogP contribution is -2.44. The van der Waals surface area contributed by atoms with Gasteiger partial charge in [0.05, 0.1) is 6.54 Å². The van der Waals surface area contributed by atoms with Crippen LogP contribution >= 0.6 is 0 Å². The Kier molecular flexibility index (Phi) is 5.61. The van der Waals surface area contributed by atoms with Crippen molar-refractivity contribution in [3.63, 3.8) is 0 Å². The van der Waals surface area contributed by atoms with E-state index in [-0.39, 0.29) is 0 Å². The van der Waals surface area contributed by atoms with E-state index < -0.39 is 43.7 Å². The van der Waals surface area contributed by atoms with E-state index in [0.29, 0.717) is 0 Å². The van der Waals surface area contributed by atoms with E-state index in [9.17, 15) is 35.1 Å². The molecule has 0 aliphatic carbocycles. The third-order valence-electron chi connectivity index (χ3n) is 1.60. The van der Waals surface area contributed by atoms with Crippen LogP contribution in [0.3, 0.4) is 0 Å². The zero-order valence-electron chi connectivity index (χ0n) is 8.62. The highest BCUT2D eigenvalue weighted by Gasteiger charge is 2.41. The molecule has 0 unspecified atom stereocenters. The highest BCUT2D eigenvalue weighted by Crippen LogP contribution is 2.23. The Balaban J connectivity index is 4.31. The predicted molar refractivity (Wildman–Crippen MR) is 46.4 cm³/mol. The first-order valence-corrected chi connectivity index (χ1v) is 4.35. The molecular weight excluding hydrogens is 278 g/mol. The smallest absolute Gasteiger partial charge is 0.326 e. The molecule has 0 spiro atoms. The van der Waals surface area contributed by atoms with Crippen molar-refractivity contribution in [1.82, 2.24) is 5.32 Å². The minimum Gasteiger partial charge on any atom is -0.370 e. The van der Waals surface area contributed by atoms with E-state index in [1.165, 1.54) is 5.32 Å². The van der Waals surface area contributed by atoms with Crippen molar-refractivity contribution in [3.8, 4) is 0 Å². The number of guanidine groups is 1. The minimum absolute atomic E-state index is 1.06. The average Bonchev–Trinajstić information content (AvgIpc) is 2.23. The van der Waals surface area contributed by atoms with Gasteiger partial charge in [-0.25, -0.2) is 22.6 Å². The van der Waals surface area contributed by atoms with Gasteiger partial charge < -0.3 is 11.1 Å². The van der Waals surface area contributed by atoms with Crippen molar-refractivity contribution in [2.75, 3.05) is 13.1 Å². The third-order valence-corrected chi connectivity index (χ3v) is 1.60. The van der Waals surface area contributed by atoms with Crippen molar-refractivity contribution in [2.45, 2.75) is 24.7 Å². The Morgan fingerprint density at radius 1 is 1.00 bits per heavy atom. The van der Waals surface area contributed by atoms with Gasteiger partial charge in [-0.3, -0.25) is 0 Å². The number of hydrogen-bond acceptors (Lipinski definition) is 1. The van der Waals surface area contributed by atoms with Gasteiger partial charge in [0, 0.05) is 0 Å². The molecule has 0 saturated carbocycles. The molecule has 0 atom stereocenters. The fraction of sp³-hybridized carbons (Fsp3) is 0.857. The van der Waals surface area contributed by atoms with Crippen LogP contribution in [0, 0.1) is 0 Å². The first kappa shape index (κ1) is 16.7. The summed E-state index contributed by atoms with van der Waals surface area (Å²) in [5.41, 5.74) is 4.77. The Hall–Kier alpha value is -1.29. The summed E-state index contributed by atoms with van der Waals surface area (Å²) >= 11 is 0. The molecule has 108 valence electrons. The summed E-state index contributed by atoms with van der Waals surface area (Å²) in [6.45, 7) is -3.40. The lowest BCUT2D eigenvalue weighted by atomic mass is 10.3. The van der Waals surface area contributed by atoms with Gasteiger partial charge in [-0.05, 0) is 0 Å². The Morgan fingerprint density at radius 3 is 1.83 bits per heavy atom. The molecule has 0 amide bonds. The molecule has 0 bridgehead atoms. The van der Waals surface area contributed by atoms with Crippen LogP contribution in [0.5, 0.6) is 0 Å². The number of hydrogen-bond donors (Lipinski definition) is 2. The average molecular weight is 287 g/mol. The van der Waals surface area contributed by atoms with Crippen LogP contribution in [0.4, 0.5) is 35.1 Å². The maximum Gasteiger partial charge on any atom is 0.326 e. The Bertz CT molecular complexity index is 290. The molecule has 0 aromatic carbocycles. The molecule has 0 fully saturated rings. The van der Waals surface area contributed by atoms with Gasteiger partial charge in [-0.15, -0.1) is 0 Å². The maximum atomic E-state index is 12.3. The van der Waals surface area contributed by atoms with Crippen molar-refractivity contribution in [1.29, 1.82) is 0 Å². The van der Waals surface area contributed by atoms with E-state index >= 15 is 0 Å². The molecule has 0 radical (unpaired) electrons. The van der Waals surface area contributed by atoms with Gasteiger partial charge in [0.25, 0.3) is 0 Å². The van der Waals surface area contributed by atoms with Crippen LogP contribution in [-0.2, 0) is 0 Å². The van der Waals surface area contributed by atoms with Gasteiger partial charge >= 0.3 is 24.7 Å². The molecule has 0 heterocycles. The van der Waals surface area contributed by atoms with Gasteiger partial charge in [-0.2, -0.15) is 17.6 Å². The number of nitrogens with zero attached hydrogens (tertiary/aromatic N) is 1. The molecular formula is C7H9F8N3. The van der Waals surface area contributed by atoms with Crippen LogP contribution in [-0.4, -0.2) is 43.7 Å². The Labute approximate surface area is 96.0 Å². The molecule has 0 saturated heterocycles. The van der Waals surface area contributed by atoms with E-state index in [2.05, 4.69) is 4.99 Å². The van der Waals surface area contributed by atoms with Gasteiger partial charge in [0.2, 0.25) is 0 Å². The lowest BCUT2D eigenvalue weighted by Gasteiger charge is -2.17. The first-order valence-electron chi connectivity index (χ1n) is 4.35. The third kappa shape index (κ3) is 5.36. The van der Waals surface area contributed by atoms with Crippen molar-refractivity contribution >= 4 is 5.96 Å². The van der Waals surface area contributed by atoms with Crippen LogP contribution < -0.4 is 11.1 Å². The molecule has 0 aliphatic heterocycles. The van der Waals surface area contributed by atoms with E-state index in [1.807, 2.05) is 0 Å². The summed E-state index contributed by atoms with van der Waals surface area (Å²) in [6, 6.07) is 0. The predicted octanol–water partition coefficient (Wildman–Crippen LogP) is 1.69. The molecule has 18 heavy (non-hydrogen) atoms.